The monoisotopic (exact) mass is 543 g/mol. The Morgan fingerprint density at radius 2 is 1.61 bits per heavy atom. The third-order valence-corrected chi connectivity index (χ3v) is 7.94. The highest BCUT2D eigenvalue weighted by molar-refractivity contribution is 7.80. The molecule has 4 aromatic heterocycles. The minimum Gasteiger partial charge on any atom is -0.291 e. The van der Waals surface area contributed by atoms with Crippen LogP contribution in [0.25, 0.3) is 66.4 Å². The Labute approximate surface area is 241 Å². The topological polar surface area (TPSA) is 56.5 Å². The summed E-state index contributed by atoms with van der Waals surface area (Å²) in [6.07, 6.45) is 12.2. The van der Waals surface area contributed by atoms with Gasteiger partial charge in [0.25, 0.3) is 0 Å². The molecule has 0 amide bonds. The maximum Gasteiger partial charge on any atom is 0.180 e. The molecule has 0 spiro atoms. The van der Waals surface area contributed by atoms with E-state index in [1.54, 1.807) is 12.4 Å². The number of benzene rings is 3. The molecule has 0 bridgehead atoms. The van der Waals surface area contributed by atoms with E-state index in [4.69, 9.17) is 22.6 Å². The summed E-state index contributed by atoms with van der Waals surface area (Å²) in [5.41, 5.74) is 8.04. The molecular formula is C35H21N5S. The van der Waals surface area contributed by atoms with Crippen molar-refractivity contribution in [2.45, 2.75) is 11.3 Å². The lowest BCUT2D eigenvalue weighted by Gasteiger charge is -2.16. The fraction of sp³-hybridized carbons (Fsp3) is 0.0286. The van der Waals surface area contributed by atoms with Gasteiger partial charge >= 0.3 is 0 Å². The maximum absolute atomic E-state index is 5.25. The number of hydrogen-bond donors (Lipinski definition) is 1. The number of nitrogens with zero attached hydrogens (tertiary/aromatic N) is 5. The number of hydrogen-bond acceptors (Lipinski definition) is 5. The van der Waals surface area contributed by atoms with Gasteiger partial charge in [-0.25, -0.2) is 9.97 Å². The second-order valence-electron chi connectivity index (χ2n) is 9.84. The summed E-state index contributed by atoms with van der Waals surface area (Å²) in [4.78, 5) is 20.0. The second-order valence-corrected chi connectivity index (χ2v) is 10.3. The van der Waals surface area contributed by atoms with Crippen molar-refractivity contribution in [1.29, 1.82) is 0 Å². The van der Waals surface area contributed by atoms with Gasteiger partial charge in [0.05, 0.1) is 16.6 Å². The molecule has 192 valence electrons. The predicted molar refractivity (Wildman–Crippen MR) is 169 cm³/mol. The quantitative estimate of drug-likeness (QED) is 0.181. The first-order valence-corrected chi connectivity index (χ1v) is 13.8. The van der Waals surface area contributed by atoms with Gasteiger partial charge in [-0.1, -0.05) is 78.6 Å². The van der Waals surface area contributed by atoms with E-state index in [-0.39, 0.29) is 0 Å². The fourth-order valence-electron chi connectivity index (χ4n) is 5.79. The van der Waals surface area contributed by atoms with Crippen molar-refractivity contribution in [2.24, 2.45) is 0 Å². The van der Waals surface area contributed by atoms with E-state index in [0.717, 1.165) is 77.6 Å². The molecule has 0 unspecified atom stereocenters. The lowest BCUT2D eigenvalue weighted by molar-refractivity contribution is 1.07. The highest BCUT2D eigenvalue weighted by Crippen LogP contribution is 2.44. The van der Waals surface area contributed by atoms with Crippen molar-refractivity contribution in [3.8, 4) is 28.8 Å². The number of allylic oxidation sites excluding steroid dienone is 4. The van der Waals surface area contributed by atoms with Gasteiger partial charge in [0.2, 0.25) is 0 Å². The van der Waals surface area contributed by atoms with Crippen molar-refractivity contribution in [3.63, 3.8) is 0 Å². The van der Waals surface area contributed by atoms with Crippen molar-refractivity contribution in [1.82, 2.24) is 24.5 Å². The van der Waals surface area contributed by atoms with Crippen LogP contribution in [0.3, 0.4) is 0 Å². The zero-order valence-corrected chi connectivity index (χ0v) is 22.7. The average Bonchev–Trinajstić information content (AvgIpc) is 3.15. The molecule has 0 saturated carbocycles. The smallest absolute Gasteiger partial charge is 0.180 e. The molecule has 4 heterocycles. The molecule has 0 saturated heterocycles. The minimum absolute atomic E-state index is 0.576. The molecule has 3 aromatic carbocycles. The molecule has 0 aliphatic heterocycles. The highest BCUT2D eigenvalue weighted by atomic mass is 32.1. The minimum atomic E-state index is 0.576. The van der Waals surface area contributed by atoms with Crippen molar-refractivity contribution in [3.05, 3.63) is 115 Å². The molecular weight excluding hydrogens is 522 g/mol. The third kappa shape index (κ3) is 3.67. The standard InChI is InChI=1S/C35H21N5S/c41-34-29(23-13-4-1-2-5-14-23)24-15-8-9-16-25(24)30-32-27(17-10-18-36-32)40(33(30)34)28-21-26(22-11-6-3-7-12-22)31-35(39-28)38-20-19-37-31/h1,3-4,6-13,15-21,41H,2H2. The first kappa shape index (κ1) is 23.6. The SMILES string of the molecule is Sc1c(C2=CC=CCC#C2)c2ccccc2c2c3ncccc3n(-c3cc(-c4ccccc4)c4nccnc4n3)c12. The molecule has 41 heavy (non-hydrogen) atoms. The van der Waals surface area contributed by atoms with Crippen LogP contribution in [0.2, 0.25) is 0 Å². The summed E-state index contributed by atoms with van der Waals surface area (Å²) in [6, 6.07) is 24.8. The number of rotatable bonds is 3. The van der Waals surface area contributed by atoms with E-state index in [1.807, 2.05) is 30.5 Å². The van der Waals surface area contributed by atoms with Crippen LogP contribution in [0.5, 0.6) is 0 Å². The van der Waals surface area contributed by atoms with Gasteiger partial charge in [-0.05, 0) is 40.6 Å². The van der Waals surface area contributed by atoms with Crippen LogP contribution in [-0.2, 0) is 0 Å². The van der Waals surface area contributed by atoms with Crippen LogP contribution in [0, 0.1) is 11.8 Å². The Kier molecular flexibility index (Phi) is 5.44. The lowest BCUT2D eigenvalue weighted by Crippen LogP contribution is -2.02. The van der Waals surface area contributed by atoms with Gasteiger partial charge in [-0.15, -0.1) is 12.6 Å². The number of aromatic nitrogens is 5. The highest BCUT2D eigenvalue weighted by Gasteiger charge is 2.24. The van der Waals surface area contributed by atoms with Crippen molar-refractivity contribution in [2.75, 3.05) is 0 Å². The van der Waals surface area contributed by atoms with E-state index in [9.17, 15) is 0 Å². The Balaban J connectivity index is 1.57. The largest absolute Gasteiger partial charge is 0.291 e. The van der Waals surface area contributed by atoms with Crippen LogP contribution >= 0.6 is 12.6 Å². The van der Waals surface area contributed by atoms with E-state index in [1.165, 1.54) is 0 Å². The van der Waals surface area contributed by atoms with Gasteiger partial charge in [-0.2, -0.15) is 0 Å². The van der Waals surface area contributed by atoms with Gasteiger partial charge in [0, 0.05) is 52.0 Å². The predicted octanol–water partition coefficient (Wildman–Crippen LogP) is 7.97. The Morgan fingerprint density at radius 3 is 2.51 bits per heavy atom. The normalized spacial score (nSPS) is 13.0. The zero-order valence-electron chi connectivity index (χ0n) is 21.8. The number of pyridine rings is 2. The Morgan fingerprint density at radius 1 is 0.805 bits per heavy atom. The second kappa shape index (κ2) is 9.44. The van der Waals surface area contributed by atoms with Gasteiger partial charge < -0.3 is 0 Å². The molecule has 0 atom stereocenters. The fourth-order valence-corrected chi connectivity index (χ4v) is 6.24. The van der Waals surface area contributed by atoms with Crippen molar-refractivity contribution < 1.29 is 0 Å². The molecule has 8 rings (SSSR count). The maximum atomic E-state index is 5.25. The van der Waals surface area contributed by atoms with Crippen LogP contribution in [0.1, 0.15) is 12.0 Å². The molecule has 1 aliphatic rings. The summed E-state index contributed by atoms with van der Waals surface area (Å²) >= 11 is 5.25. The summed E-state index contributed by atoms with van der Waals surface area (Å²) in [5.74, 6) is 7.38. The van der Waals surface area contributed by atoms with E-state index in [0.29, 0.717) is 5.65 Å². The molecule has 0 radical (unpaired) electrons. The summed E-state index contributed by atoms with van der Waals surface area (Å²) in [6.45, 7) is 0. The number of thiol groups is 1. The van der Waals surface area contributed by atoms with Gasteiger partial charge in [-0.3, -0.25) is 14.5 Å². The molecule has 5 nitrogen and oxygen atoms in total. The van der Waals surface area contributed by atoms with Gasteiger partial charge in [0.15, 0.2) is 5.65 Å². The molecule has 1 aliphatic carbocycles. The number of fused-ring (bicyclic) bond motifs is 6. The molecule has 0 fully saturated rings. The van der Waals surface area contributed by atoms with Crippen LogP contribution < -0.4 is 0 Å². The van der Waals surface area contributed by atoms with Gasteiger partial charge in [0.1, 0.15) is 11.3 Å². The summed E-state index contributed by atoms with van der Waals surface area (Å²) < 4.78 is 2.16. The third-order valence-electron chi connectivity index (χ3n) is 7.50. The van der Waals surface area contributed by atoms with E-state index >= 15 is 0 Å². The molecule has 0 N–H and O–H groups in total. The lowest BCUT2D eigenvalue weighted by atomic mass is 9.95. The Hall–Kier alpha value is -5.25. The Bertz CT molecular complexity index is 2300. The first-order valence-electron chi connectivity index (χ1n) is 13.4. The summed E-state index contributed by atoms with van der Waals surface area (Å²) in [7, 11) is 0. The van der Waals surface area contributed by atoms with Crippen molar-refractivity contribution >= 4 is 62.1 Å². The van der Waals surface area contributed by atoms with E-state index in [2.05, 4.69) is 93.1 Å². The zero-order chi connectivity index (χ0) is 27.3. The molecule has 6 heteroatoms. The van der Waals surface area contributed by atoms with Crippen LogP contribution in [0.4, 0.5) is 0 Å². The molecule has 7 aromatic rings. The van der Waals surface area contributed by atoms with Crippen LogP contribution in [-0.4, -0.2) is 24.5 Å². The average molecular weight is 544 g/mol. The van der Waals surface area contributed by atoms with E-state index < -0.39 is 0 Å². The summed E-state index contributed by atoms with van der Waals surface area (Å²) in [5, 5.41) is 3.22. The first-order chi connectivity index (χ1) is 20.3. The van der Waals surface area contributed by atoms with Crippen LogP contribution in [0.15, 0.2) is 115 Å².